The minimum atomic E-state index is 0.421. The monoisotopic (exact) mass is 331 g/mol. The normalized spacial score (nSPS) is 19.0. The molecule has 24 heavy (non-hydrogen) atoms. The second-order valence-electron chi connectivity index (χ2n) is 7.05. The summed E-state index contributed by atoms with van der Waals surface area (Å²) >= 11 is 0. The van der Waals surface area contributed by atoms with Gasteiger partial charge in [-0.3, -0.25) is 14.5 Å². The minimum absolute atomic E-state index is 0.421. The number of hydrogen-bond acceptors (Lipinski definition) is 5. The SMILES string of the molecule is CCc1cnc(CN(C)C2CCN(Cc3ccn(C(C)C)n3)C2)o1. The van der Waals surface area contributed by atoms with E-state index < -0.39 is 0 Å². The van der Waals surface area contributed by atoms with Gasteiger partial charge in [-0.05, 0) is 33.4 Å². The lowest BCUT2D eigenvalue weighted by molar-refractivity contribution is 0.203. The lowest BCUT2D eigenvalue weighted by Crippen LogP contribution is -2.34. The fraction of sp³-hybridized carbons (Fsp3) is 0.667. The van der Waals surface area contributed by atoms with E-state index in [2.05, 4.69) is 60.0 Å². The van der Waals surface area contributed by atoms with Crippen LogP contribution in [0.15, 0.2) is 22.9 Å². The van der Waals surface area contributed by atoms with E-state index in [1.807, 2.05) is 10.9 Å². The van der Waals surface area contributed by atoms with Crippen molar-refractivity contribution in [1.29, 1.82) is 0 Å². The van der Waals surface area contributed by atoms with Crippen molar-refractivity contribution in [3.8, 4) is 0 Å². The molecule has 1 unspecified atom stereocenters. The summed E-state index contributed by atoms with van der Waals surface area (Å²) in [7, 11) is 2.16. The average molecular weight is 331 g/mol. The van der Waals surface area contributed by atoms with Gasteiger partial charge in [-0.1, -0.05) is 6.92 Å². The van der Waals surface area contributed by atoms with E-state index in [-0.39, 0.29) is 0 Å². The van der Waals surface area contributed by atoms with Crippen molar-refractivity contribution in [3.63, 3.8) is 0 Å². The molecular formula is C18H29N5O. The number of likely N-dealkylation sites (tertiary alicyclic amines) is 1. The lowest BCUT2D eigenvalue weighted by Gasteiger charge is -2.23. The highest BCUT2D eigenvalue weighted by molar-refractivity contribution is 5.01. The van der Waals surface area contributed by atoms with E-state index in [1.54, 1.807) is 0 Å². The molecule has 0 aromatic carbocycles. The molecule has 0 saturated carbocycles. The molecule has 6 heteroatoms. The van der Waals surface area contributed by atoms with Gasteiger partial charge in [0.15, 0.2) is 0 Å². The zero-order chi connectivity index (χ0) is 17.1. The van der Waals surface area contributed by atoms with Crippen molar-refractivity contribution in [2.75, 3.05) is 20.1 Å². The number of aryl methyl sites for hydroxylation is 1. The quantitative estimate of drug-likeness (QED) is 0.781. The third kappa shape index (κ3) is 4.05. The summed E-state index contributed by atoms with van der Waals surface area (Å²) < 4.78 is 7.76. The van der Waals surface area contributed by atoms with Crippen LogP contribution in [0.2, 0.25) is 0 Å². The first-order valence-corrected chi connectivity index (χ1v) is 8.95. The molecule has 0 spiro atoms. The van der Waals surface area contributed by atoms with Crippen LogP contribution < -0.4 is 0 Å². The number of rotatable bonds is 7. The van der Waals surface area contributed by atoms with E-state index in [9.17, 15) is 0 Å². The topological polar surface area (TPSA) is 50.3 Å². The molecule has 0 amide bonds. The molecule has 132 valence electrons. The summed E-state index contributed by atoms with van der Waals surface area (Å²) in [6.45, 7) is 10.3. The number of nitrogens with zero attached hydrogens (tertiary/aromatic N) is 5. The predicted molar refractivity (Wildman–Crippen MR) is 93.6 cm³/mol. The van der Waals surface area contributed by atoms with Crippen molar-refractivity contribution in [2.45, 2.75) is 58.8 Å². The molecule has 1 atom stereocenters. The van der Waals surface area contributed by atoms with Crippen LogP contribution in [0.4, 0.5) is 0 Å². The highest BCUT2D eigenvalue weighted by atomic mass is 16.4. The highest BCUT2D eigenvalue weighted by Gasteiger charge is 2.27. The van der Waals surface area contributed by atoms with E-state index in [4.69, 9.17) is 4.42 Å². The average Bonchev–Trinajstić information content (AvgIpc) is 3.27. The number of oxazole rings is 1. The Balaban J connectivity index is 1.50. The molecule has 0 radical (unpaired) electrons. The van der Waals surface area contributed by atoms with E-state index in [0.717, 1.165) is 49.9 Å². The smallest absolute Gasteiger partial charge is 0.208 e. The van der Waals surface area contributed by atoms with Gasteiger partial charge in [0.1, 0.15) is 5.76 Å². The molecule has 3 rings (SSSR count). The maximum absolute atomic E-state index is 5.73. The largest absolute Gasteiger partial charge is 0.444 e. The Morgan fingerprint density at radius 2 is 2.25 bits per heavy atom. The molecular weight excluding hydrogens is 302 g/mol. The number of hydrogen-bond donors (Lipinski definition) is 0. The molecule has 2 aromatic rings. The maximum Gasteiger partial charge on any atom is 0.208 e. The highest BCUT2D eigenvalue weighted by Crippen LogP contribution is 2.19. The Labute approximate surface area is 144 Å². The van der Waals surface area contributed by atoms with E-state index in [0.29, 0.717) is 12.1 Å². The molecule has 1 saturated heterocycles. The molecule has 1 aliphatic rings. The summed E-state index contributed by atoms with van der Waals surface area (Å²) in [5.74, 6) is 1.79. The van der Waals surface area contributed by atoms with Crippen LogP contribution in [0.5, 0.6) is 0 Å². The second-order valence-corrected chi connectivity index (χ2v) is 7.05. The molecule has 0 N–H and O–H groups in total. The van der Waals surface area contributed by atoms with Gasteiger partial charge in [-0.15, -0.1) is 0 Å². The molecule has 0 bridgehead atoms. The Bertz CT molecular complexity index is 647. The third-order valence-corrected chi connectivity index (χ3v) is 4.78. The van der Waals surface area contributed by atoms with Crippen molar-refractivity contribution in [1.82, 2.24) is 24.6 Å². The lowest BCUT2D eigenvalue weighted by atomic mass is 10.2. The Hall–Kier alpha value is -1.66. The maximum atomic E-state index is 5.73. The Morgan fingerprint density at radius 1 is 1.42 bits per heavy atom. The van der Waals surface area contributed by atoms with Gasteiger partial charge in [-0.2, -0.15) is 5.10 Å². The van der Waals surface area contributed by atoms with Crippen LogP contribution in [0.1, 0.15) is 50.6 Å². The summed E-state index contributed by atoms with van der Waals surface area (Å²) in [5, 5.41) is 4.66. The molecule has 1 fully saturated rings. The fourth-order valence-corrected chi connectivity index (χ4v) is 3.22. The molecule has 6 nitrogen and oxygen atoms in total. The van der Waals surface area contributed by atoms with Gasteiger partial charge in [0.05, 0.1) is 18.4 Å². The van der Waals surface area contributed by atoms with Crippen LogP contribution in [0.3, 0.4) is 0 Å². The molecule has 0 aliphatic carbocycles. The minimum Gasteiger partial charge on any atom is -0.444 e. The first-order valence-electron chi connectivity index (χ1n) is 8.95. The van der Waals surface area contributed by atoms with Gasteiger partial charge in [0, 0.05) is 44.3 Å². The Kier molecular flexibility index (Phi) is 5.36. The van der Waals surface area contributed by atoms with Gasteiger partial charge >= 0.3 is 0 Å². The Morgan fingerprint density at radius 3 is 2.92 bits per heavy atom. The van der Waals surface area contributed by atoms with Gasteiger partial charge in [-0.25, -0.2) is 4.98 Å². The summed E-state index contributed by atoms with van der Waals surface area (Å²) in [4.78, 5) is 9.22. The van der Waals surface area contributed by atoms with E-state index in [1.165, 1.54) is 6.42 Å². The van der Waals surface area contributed by atoms with Crippen LogP contribution in [-0.4, -0.2) is 50.7 Å². The van der Waals surface area contributed by atoms with Crippen molar-refractivity contribution >= 4 is 0 Å². The van der Waals surface area contributed by atoms with Gasteiger partial charge < -0.3 is 4.42 Å². The molecule has 3 heterocycles. The standard InChI is InChI=1S/C18H29N5O/c1-5-17-10-19-18(24-17)13-21(4)16-7-8-22(12-16)11-15-6-9-23(20-15)14(2)3/h6,9-10,14,16H,5,7-8,11-13H2,1-4H3. The molecule has 1 aliphatic heterocycles. The molecule has 2 aromatic heterocycles. The number of aromatic nitrogens is 3. The predicted octanol–water partition coefficient (Wildman–Crippen LogP) is 2.72. The zero-order valence-corrected chi connectivity index (χ0v) is 15.3. The first kappa shape index (κ1) is 17.2. The first-order chi connectivity index (χ1) is 11.5. The van der Waals surface area contributed by atoms with Crippen LogP contribution >= 0.6 is 0 Å². The van der Waals surface area contributed by atoms with Crippen molar-refractivity contribution in [3.05, 3.63) is 35.8 Å². The van der Waals surface area contributed by atoms with E-state index >= 15 is 0 Å². The number of likely N-dealkylation sites (N-methyl/N-ethyl adjacent to an activating group) is 1. The second kappa shape index (κ2) is 7.49. The summed E-state index contributed by atoms with van der Waals surface area (Å²) in [6, 6.07) is 3.11. The van der Waals surface area contributed by atoms with Crippen molar-refractivity contribution < 1.29 is 4.42 Å². The fourth-order valence-electron chi connectivity index (χ4n) is 3.22. The third-order valence-electron chi connectivity index (χ3n) is 4.78. The zero-order valence-electron chi connectivity index (χ0n) is 15.3. The van der Waals surface area contributed by atoms with Crippen molar-refractivity contribution in [2.24, 2.45) is 0 Å². The van der Waals surface area contributed by atoms with Gasteiger partial charge in [0.25, 0.3) is 0 Å². The van der Waals surface area contributed by atoms with Gasteiger partial charge in [0.2, 0.25) is 5.89 Å². The summed E-state index contributed by atoms with van der Waals surface area (Å²) in [6.07, 6.45) is 6.00. The van der Waals surface area contributed by atoms with Crippen LogP contribution in [0, 0.1) is 0 Å². The van der Waals surface area contributed by atoms with Crippen LogP contribution in [-0.2, 0) is 19.5 Å². The van der Waals surface area contributed by atoms with Crippen LogP contribution in [0.25, 0.3) is 0 Å². The summed E-state index contributed by atoms with van der Waals surface area (Å²) in [5.41, 5.74) is 1.16.